The van der Waals surface area contributed by atoms with E-state index in [1.807, 2.05) is 7.05 Å². The summed E-state index contributed by atoms with van der Waals surface area (Å²) in [6.07, 6.45) is 2.70. The molecule has 1 aliphatic carbocycles. The first kappa shape index (κ1) is 16.7. The molecule has 0 bridgehead atoms. The third-order valence-electron chi connectivity index (χ3n) is 3.92. The Morgan fingerprint density at radius 2 is 2.18 bits per heavy atom. The first-order chi connectivity index (χ1) is 10.3. The van der Waals surface area contributed by atoms with Gasteiger partial charge >= 0.3 is 0 Å². The van der Waals surface area contributed by atoms with Gasteiger partial charge < -0.3 is 10.6 Å². The Balaban J connectivity index is 0.00000176. The molecule has 1 atom stereocenters. The maximum Gasteiger partial charge on any atom is 0.191 e. The van der Waals surface area contributed by atoms with Crippen molar-refractivity contribution >= 4 is 29.9 Å². The average molecular weight is 412 g/mol. The van der Waals surface area contributed by atoms with Gasteiger partial charge in [0.2, 0.25) is 0 Å². The maximum absolute atomic E-state index is 4.24. The summed E-state index contributed by atoms with van der Waals surface area (Å²) < 4.78 is 1.75. The highest BCUT2D eigenvalue weighted by molar-refractivity contribution is 14.0. The lowest BCUT2D eigenvalue weighted by Crippen LogP contribution is -2.41. The normalized spacial score (nSPS) is 16.3. The molecule has 0 saturated heterocycles. The lowest BCUT2D eigenvalue weighted by Gasteiger charge is -2.30. The number of benzene rings is 1. The van der Waals surface area contributed by atoms with Crippen molar-refractivity contribution in [3.05, 3.63) is 47.5 Å². The van der Waals surface area contributed by atoms with E-state index in [9.17, 15) is 0 Å². The first-order valence-corrected chi connectivity index (χ1v) is 7.13. The highest BCUT2D eigenvalue weighted by Crippen LogP contribution is 2.33. The molecule has 22 heavy (non-hydrogen) atoms. The van der Waals surface area contributed by atoms with Gasteiger partial charge in [0.1, 0.15) is 12.2 Å². The minimum absolute atomic E-state index is 0. The summed E-state index contributed by atoms with van der Waals surface area (Å²) in [5.74, 6) is 2.25. The summed E-state index contributed by atoms with van der Waals surface area (Å²) in [6.45, 7) is 1.51. The van der Waals surface area contributed by atoms with Crippen molar-refractivity contribution in [2.24, 2.45) is 12.0 Å². The molecule has 6 nitrogen and oxygen atoms in total. The van der Waals surface area contributed by atoms with Crippen LogP contribution in [-0.4, -0.2) is 34.3 Å². The maximum atomic E-state index is 4.24. The van der Waals surface area contributed by atoms with Gasteiger partial charge in [-0.25, -0.2) is 4.98 Å². The fourth-order valence-electron chi connectivity index (χ4n) is 2.63. The van der Waals surface area contributed by atoms with Crippen molar-refractivity contribution in [1.29, 1.82) is 0 Å². The van der Waals surface area contributed by atoms with Gasteiger partial charge in [-0.05, 0) is 17.5 Å². The number of fused-ring (bicyclic) bond motifs is 1. The SMILES string of the molecule is CN=C(NCc1ncnn1C)NCC1Cc2ccccc21.I. The number of guanidine groups is 1. The van der Waals surface area contributed by atoms with E-state index in [1.54, 1.807) is 18.1 Å². The van der Waals surface area contributed by atoms with Crippen LogP contribution in [0.5, 0.6) is 0 Å². The second-order valence-electron chi connectivity index (χ2n) is 5.21. The Bertz CT molecular complexity index is 651. The fourth-order valence-corrected chi connectivity index (χ4v) is 2.63. The number of aryl methyl sites for hydroxylation is 1. The van der Waals surface area contributed by atoms with E-state index in [0.29, 0.717) is 12.5 Å². The molecule has 0 spiro atoms. The Kier molecular flexibility index (Phi) is 5.76. The molecule has 0 fully saturated rings. The van der Waals surface area contributed by atoms with Gasteiger partial charge in [-0.15, -0.1) is 24.0 Å². The van der Waals surface area contributed by atoms with E-state index in [4.69, 9.17) is 0 Å². The summed E-state index contributed by atoms with van der Waals surface area (Å²) >= 11 is 0. The molecule has 1 aliphatic rings. The van der Waals surface area contributed by atoms with Crippen molar-refractivity contribution in [2.75, 3.05) is 13.6 Å². The third-order valence-corrected chi connectivity index (χ3v) is 3.92. The van der Waals surface area contributed by atoms with E-state index < -0.39 is 0 Å². The van der Waals surface area contributed by atoms with Crippen molar-refractivity contribution in [1.82, 2.24) is 25.4 Å². The second-order valence-corrected chi connectivity index (χ2v) is 5.21. The summed E-state index contributed by atoms with van der Waals surface area (Å²) in [6, 6.07) is 8.61. The van der Waals surface area contributed by atoms with Crippen LogP contribution in [0.1, 0.15) is 22.9 Å². The molecule has 2 N–H and O–H groups in total. The molecular formula is C15H21IN6. The van der Waals surface area contributed by atoms with Gasteiger partial charge in [0.15, 0.2) is 5.96 Å². The predicted molar refractivity (Wildman–Crippen MR) is 97.5 cm³/mol. The molecule has 1 aromatic carbocycles. The van der Waals surface area contributed by atoms with Crippen molar-refractivity contribution in [3.8, 4) is 0 Å². The van der Waals surface area contributed by atoms with Crippen LogP contribution in [0.15, 0.2) is 35.6 Å². The number of nitrogens with zero attached hydrogens (tertiary/aromatic N) is 4. The number of rotatable bonds is 4. The zero-order valence-corrected chi connectivity index (χ0v) is 15.1. The zero-order valence-electron chi connectivity index (χ0n) is 12.8. The number of aromatic nitrogens is 3. The van der Waals surface area contributed by atoms with Crippen LogP contribution in [0, 0.1) is 0 Å². The lowest BCUT2D eigenvalue weighted by atomic mass is 9.78. The summed E-state index contributed by atoms with van der Waals surface area (Å²) in [4.78, 5) is 8.42. The van der Waals surface area contributed by atoms with Gasteiger partial charge in [-0.1, -0.05) is 24.3 Å². The molecule has 0 amide bonds. The molecule has 3 rings (SSSR count). The van der Waals surface area contributed by atoms with Crippen LogP contribution in [0.4, 0.5) is 0 Å². The van der Waals surface area contributed by atoms with Crippen LogP contribution in [0.2, 0.25) is 0 Å². The van der Waals surface area contributed by atoms with Crippen molar-refractivity contribution in [3.63, 3.8) is 0 Å². The number of hydrogen-bond acceptors (Lipinski definition) is 3. The van der Waals surface area contributed by atoms with E-state index in [0.717, 1.165) is 24.7 Å². The fraction of sp³-hybridized carbons (Fsp3) is 0.400. The van der Waals surface area contributed by atoms with Crippen LogP contribution in [0.25, 0.3) is 0 Å². The molecule has 7 heteroatoms. The molecule has 1 unspecified atom stereocenters. The number of aliphatic imine (C=N–C) groups is 1. The number of hydrogen-bond donors (Lipinski definition) is 2. The van der Waals surface area contributed by atoms with Crippen LogP contribution in [-0.2, 0) is 20.0 Å². The minimum atomic E-state index is 0. The van der Waals surface area contributed by atoms with E-state index >= 15 is 0 Å². The minimum Gasteiger partial charge on any atom is -0.356 e. The predicted octanol–water partition coefficient (Wildman–Crippen LogP) is 1.44. The van der Waals surface area contributed by atoms with Gasteiger partial charge in [-0.2, -0.15) is 5.10 Å². The Labute approximate surface area is 147 Å². The largest absolute Gasteiger partial charge is 0.356 e. The molecular weight excluding hydrogens is 391 g/mol. The Morgan fingerprint density at radius 1 is 1.36 bits per heavy atom. The third kappa shape index (κ3) is 3.57. The zero-order chi connectivity index (χ0) is 14.7. The second kappa shape index (κ2) is 7.57. The van der Waals surface area contributed by atoms with Gasteiger partial charge in [0.05, 0.1) is 6.54 Å². The van der Waals surface area contributed by atoms with Gasteiger partial charge in [0, 0.05) is 26.6 Å². The molecule has 118 valence electrons. The number of nitrogens with one attached hydrogen (secondary N) is 2. The molecule has 0 aliphatic heterocycles. The number of halogens is 1. The van der Waals surface area contributed by atoms with Crippen molar-refractivity contribution in [2.45, 2.75) is 18.9 Å². The van der Waals surface area contributed by atoms with Crippen LogP contribution in [0.3, 0.4) is 0 Å². The summed E-state index contributed by atoms with van der Waals surface area (Å²) in [7, 11) is 3.66. The smallest absolute Gasteiger partial charge is 0.191 e. The van der Waals surface area contributed by atoms with E-state index in [-0.39, 0.29) is 24.0 Å². The highest BCUT2D eigenvalue weighted by Gasteiger charge is 2.25. The summed E-state index contributed by atoms with van der Waals surface area (Å²) in [5.41, 5.74) is 2.92. The van der Waals surface area contributed by atoms with Gasteiger partial charge in [0.25, 0.3) is 0 Å². The summed E-state index contributed by atoms with van der Waals surface area (Å²) in [5, 5.41) is 10.7. The molecule has 1 aromatic heterocycles. The topological polar surface area (TPSA) is 67.1 Å². The average Bonchev–Trinajstić information content (AvgIpc) is 2.88. The molecule has 0 saturated carbocycles. The lowest BCUT2D eigenvalue weighted by molar-refractivity contribution is 0.581. The van der Waals surface area contributed by atoms with Gasteiger partial charge in [-0.3, -0.25) is 9.67 Å². The quantitative estimate of drug-likeness (QED) is 0.453. The molecule has 1 heterocycles. The van der Waals surface area contributed by atoms with Crippen LogP contribution < -0.4 is 10.6 Å². The monoisotopic (exact) mass is 412 g/mol. The molecule has 0 radical (unpaired) electrons. The van der Waals surface area contributed by atoms with Crippen molar-refractivity contribution < 1.29 is 0 Å². The van der Waals surface area contributed by atoms with Crippen LogP contribution >= 0.6 is 24.0 Å². The standard InChI is InChI=1S/C15H20N6.HI/c1-16-15(18-9-14-19-10-20-21(14)2)17-8-12-7-11-5-3-4-6-13(11)12;/h3-6,10,12H,7-9H2,1-2H3,(H2,16,17,18);1H. The van der Waals surface area contributed by atoms with E-state index in [2.05, 4.69) is 50.0 Å². The van der Waals surface area contributed by atoms with E-state index in [1.165, 1.54) is 11.1 Å². The highest BCUT2D eigenvalue weighted by atomic mass is 127. The Morgan fingerprint density at radius 3 is 2.86 bits per heavy atom. The first-order valence-electron chi connectivity index (χ1n) is 7.13. The molecule has 2 aromatic rings. The Hall–Kier alpha value is -1.64.